The Morgan fingerprint density at radius 1 is 1.25 bits per heavy atom. The zero-order valence-electron chi connectivity index (χ0n) is 15.2. The second-order valence-corrected chi connectivity index (χ2v) is 7.13. The lowest BCUT2D eigenvalue weighted by atomic mass is 10.1. The first-order chi connectivity index (χ1) is 13.5. The van der Waals surface area contributed by atoms with Crippen LogP contribution in [0, 0.1) is 0 Å². The molecule has 12 nitrogen and oxygen atoms in total. The van der Waals surface area contributed by atoms with Gasteiger partial charge < -0.3 is 39.9 Å². The Bertz CT molecular complexity index is 878. The summed E-state index contributed by atoms with van der Waals surface area (Å²) in [6, 6.07) is 0. The lowest BCUT2D eigenvalue weighted by Crippen LogP contribution is -3.15. The van der Waals surface area contributed by atoms with Crippen LogP contribution in [0.5, 0.6) is 0 Å². The molecule has 2 aliphatic rings. The summed E-state index contributed by atoms with van der Waals surface area (Å²) in [4.78, 5) is 26.6. The second kappa shape index (κ2) is 7.73. The Labute approximate surface area is 159 Å². The molecule has 0 spiro atoms. The van der Waals surface area contributed by atoms with E-state index in [-0.39, 0.29) is 17.8 Å². The number of anilines is 1. The number of rotatable bonds is 5. The van der Waals surface area contributed by atoms with Crippen molar-refractivity contribution < 1.29 is 30.1 Å². The molecule has 2 aromatic heterocycles. The molecule has 0 unspecified atom stereocenters. The molecule has 0 radical (unpaired) electrons. The quantitative estimate of drug-likeness (QED) is 0.292. The molecule has 12 heteroatoms. The third kappa shape index (κ3) is 3.17. The van der Waals surface area contributed by atoms with Crippen LogP contribution in [0.2, 0.25) is 0 Å². The maximum Gasteiger partial charge on any atom is 0.278 e. The summed E-state index contributed by atoms with van der Waals surface area (Å²) >= 11 is 0. The second-order valence-electron chi connectivity index (χ2n) is 7.13. The van der Waals surface area contributed by atoms with Crippen molar-refractivity contribution in [1.29, 1.82) is 0 Å². The molecule has 6 N–H and O–H groups in total. The van der Waals surface area contributed by atoms with Crippen molar-refractivity contribution in [1.82, 2.24) is 19.5 Å². The topological polar surface area (TPSA) is 161 Å². The lowest BCUT2D eigenvalue weighted by Gasteiger charge is -2.33. The number of imidazole rings is 1. The minimum Gasteiger partial charge on any atom is -0.394 e. The van der Waals surface area contributed by atoms with Crippen LogP contribution in [0.4, 0.5) is 5.95 Å². The zero-order chi connectivity index (χ0) is 19.8. The van der Waals surface area contributed by atoms with Gasteiger partial charge in [-0.2, -0.15) is 0 Å². The predicted octanol–water partition coefficient (Wildman–Crippen LogP) is -4.57. The average molecular weight is 397 g/mol. The first-order valence-corrected chi connectivity index (χ1v) is 9.32. The maximum atomic E-state index is 12.2. The molecular weight excluding hydrogens is 372 g/mol. The third-order valence-corrected chi connectivity index (χ3v) is 5.46. The lowest BCUT2D eigenvalue weighted by molar-refractivity contribution is -0.900. The number of aromatic nitrogens is 4. The number of ether oxygens (including phenoxy) is 1. The fourth-order valence-electron chi connectivity index (χ4n) is 3.89. The van der Waals surface area contributed by atoms with Gasteiger partial charge in [0.1, 0.15) is 24.9 Å². The molecule has 0 bridgehead atoms. The molecule has 2 saturated heterocycles. The SMILES string of the molecule is O=c1[nH]cnc2c1nc(N1CC[NH+](CCO)CC1)n2[C@@H]1O[C@@H](CO)[C@@H](O)[C@H]1O. The van der Waals surface area contributed by atoms with Crippen molar-refractivity contribution in [3.63, 3.8) is 0 Å². The van der Waals surface area contributed by atoms with Gasteiger partial charge in [-0.15, -0.1) is 0 Å². The van der Waals surface area contributed by atoms with Crippen LogP contribution in [0.15, 0.2) is 11.1 Å². The summed E-state index contributed by atoms with van der Waals surface area (Å²) in [6.45, 7) is 3.16. The molecule has 2 aliphatic heterocycles. The Morgan fingerprint density at radius 2 is 2.00 bits per heavy atom. The van der Waals surface area contributed by atoms with E-state index in [0.29, 0.717) is 25.6 Å². The van der Waals surface area contributed by atoms with Crippen LogP contribution < -0.4 is 15.4 Å². The Kier molecular flexibility index (Phi) is 5.31. The average Bonchev–Trinajstić information content (AvgIpc) is 3.22. The van der Waals surface area contributed by atoms with E-state index < -0.39 is 36.7 Å². The third-order valence-electron chi connectivity index (χ3n) is 5.46. The first kappa shape index (κ1) is 19.2. The van der Waals surface area contributed by atoms with Crippen LogP contribution in [-0.4, -0.2) is 104 Å². The van der Waals surface area contributed by atoms with E-state index in [4.69, 9.17) is 9.84 Å². The Hall–Kier alpha value is -2.09. The van der Waals surface area contributed by atoms with E-state index in [1.165, 1.54) is 15.8 Å². The highest BCUT2D eigenvalue weighted by molar-refractivity contribution is 5.73. The summed E-state index contributed by atoms with van der Waals surface area (Å²) in [6.07, 6.45) is -3.32. The van der Waals surface area contributed by atoms with Crippen molar-refractivity contribution in [2.24, 2.45) is 0 Å². The standard InChI is InChI=1S/C16H24N6O6/c23-6-5-20-1-3-21(4-2-20)16-19-10-13(17-8-18-14(10)27)22(16)15-12(26)11(25)9(7-24)28-15/h8-9,11-12,15,23-26H,1-7H2,(H,17,18,27)/p+1/t9-,11+,12+,15+/m0/s1. The smallest absolute Gasteiger partial charge is 0.278 e. The van der Waals surface area contributed by atoms with Crippen molar-refractivity contribution in [3.8, 4) is 0 Å². The molecule has 2 fully saturated rings. The molecule has 4 heterocycles. The van der Waals surface area contributed by atoms with Crippen LogP contribution in [0.3, 0.4) is 0 Å². The number of H-pyrrole nitrogens is 1. The van der Waals surface area contributed by atoms with Gasteiger partial charge in [-0.3, -0.25) is 9.36 Å². The van der Waals surface area contributed by atoms with Gasteiger partial charge in [-0.1, -0.05) is 0 Å². The number of piperazine rings is 1. The van der Waals surface area contributed by atoms with Crippen LogP contribution >= 0.6 is 0 Å². The molecule has 154 valence electrons. The minimum absolute atomic E-state index is 0.111. The van der Waals surface area contributed by atoms with Gasteiger partial charge in [0.2, 0.25) is 5.95 Å². The molecule has 4 atom stereocenters. The van der Waals surface area contributed by atoms with Gasteiger partial charge in [-0.05, 0) is 0 Å². The Balaban J connectivity index is 1.74. The number of nitrogens with zero attached hydrogens (tertiary/aromatic N) is 4. The van der Waals surface area contributed by atoms with Gasteiger partial charge in [0.15, 0.2) is 17.4 Å². The number of aromatic amines is 1. The van der Waals surface area contributed by atoms with Gasteiger partial charge in [0.25, 0.3) is 5.56 Å². The maximum absolute atomic E-state index is 12.2. The summed E-state index contributed by atoms with van der Waals surface area (Å²) in [5.41, 5.74) is -0.0691. The molecule has 2 aromatic rings. The number of fused-ring (bicyclic) bond motifs is 1. The number of aliphatic hydroxyl groups is 4. The van der Waals surface area contributed by atoms with E-state index >= 15 is 0 Å². The van der Waals surface area contributed by atoms with Crippen molar-refractivity contribution in [2.45, 2.75) is 24.5 Å². The number of nitrogens with one attached hydrogen (secondary N) is 2. The molecule has 0 amide bonds. The summed E-state index contributed by atoms with van der Waals surface area (Å²) in [5, 5.41) is 39.2. The van der Waals surface area contributed by atoms with Gasteiger partial charge in [0.05, 0.1) is 45.7 Å². The first-order valence-electron chi connectivity index (χ1n) is 9.32. The number of quaternary nitrogens is 1. The minimum atomic E-state index is -1.31. The van der Waals surface area contributed by atoms with Crippen LogP contribution in [0.25, 0.3) is 11.2 Å². The fourth-order valence-corrected chi connectivity index (χ4v) is 3.89. The van der Waals surface area contributed by atoms with Crippen molar-refractivity contribution in [3.05, 3.63) is 16.7 Å². The molecule has 0 aliphatic carbocycles. The predicted molar refractivity (Wildman–Crippen MR) is 96.0 cm³/mol. The van der Waals surface area contributed by atoms with E-state index in [1.54, 1.807) is 0 Å². The van der Waals surface area contributed by atoms with Gasteiger partial charge in [0, 0.05) is 0 Å². The molecule has 28 heavy (non-hydrogen) atoms. The van der Waals surface area contributed by atoms with Crippen molar-refractivity contribution in [2.75, 3.05) is 50.8 Å². The van der Waals surface area contributed by atoms with E-state index in [2.05, 4.69) is 15.0 Å². The Morgan fingerprint density at radius 3 is 2.64 bits per heavy atom. The monoisotopic (exact) mass is 397 g/mol. The van der Waals surface area contributed by atoms with E-state index in [9.17, 15) is 20.1 Å². The highest BCUT2D eigenvalue weighted by Crippen LogP contribution is 2.34. The molecule has 0 aromatic carbocycles. The summed E-state index contributed by atoms with van der Waals surface area (Å²) in [7, 11) is 0. The number of hydrogen-bond donors (Lipinski definition) is 6. The number of hydrogen-bond acceptors (Lipinski definition) is 9. The highest BCUT2D eigenvalue weighted by atomic mass is 16.6. The number of aliphatic hydroxyl groups excluding tert-OH is 4. The van der Waals surface area contributed by atoms with E-state index in [0.717, 1.165) is 13.1 Å². The summed E-state index contributed by atoms with van der Waals surface area (Å²) < 4.78 is 7.19. The highest BCUT2D eigenvalue weighted by Gasteiger charge is 2.45. The van der Waals surface area contributed by atoms with Gasteiger partial charge in [-0.25, -0.2) is 9.97 Å². The zero-order valence-corrected chi connectivity index (χ0v) is 15.2. The fraction of sp³-hybridized carbons (Fsp3) is 0.688. The largest absolute Gasteiger partial charge is 0.394 e. The molecular formula is C16H25N6O6+. The normalized spacial score (nSPS) is 29.1. The molecule has 0 saturated carbocycles. The van der Waals surface area contributed by atoms with Crippen LogP contribution in [-0.2, 0) is 4.74 Å². The van der Waals surface area contributed by atoms with Crippen LogP contribution in [0.1, 0.15) is 6.23 Å². The van der Waals surface area contributed by atoms with Crippen molar-refractivity contribution >= 4 is 17.1 Å². The van der Waals surface area contributed by atoms with E-state index in [1.807, 2.05) is 4.90 Å². The van der Waals surface area contributed by atoms with Gasteiger partial charge >= 0.3 is 0 Å². The summed E-state index contributed by atoms with van der Waals surface area (Å²) in [5.74, 6) is 0.414. The molecule has 4 rings (SSSR count).